The summed E-state index contributed by atoms with van der Waals surface area (Å²) in [5.41, 5.74) is 13.5. The maximum atomic E-state index is 13.5. The normalized spacial score (nSPS) is 18.3. The minimum Gasteiger partial charge on any atom is -0.491 e. The predicted molar refractivity (Wildman–Crippen MR) is 136 cm³/mol. The summed E-state index contributed by atoms with van der Waals surface area (Å²) < 4.78 is 19.5. The molecule has 2 aromatic carbocycles. The average Bonchev–Trinajstić information content (AvgIpc) is 3.34. The lowest BCUT2D eigenvalue weighted by Gasteiger charge is -2.45. The summed E-state index contributed by atoms with van der Waals surface area (Å²) in [7, 11) is 0. The Balaban J connectivity index is 1.47. The van der Waals surface area contributed by atoms with Gasteiger partial charge in [0.1, 0.15) is 11.6 Å². The number of halogens is 1. The first-order chi connectivity index (χ1) is 16.5. The van der Waals surface area contributed by atoms with Crippen LogP contribution in [0.4, 0.5) is 15.8 Å². The Morgan fingerprint density at radius 1 is 1.15 bits per heavy atom. The van der Waals surface area contributed by atoms with Crippen LogP contribution < -0.4 is 20.4 Å². The third kappa shape index (κ3) is 4.28. The summed E-state index contributed by atoms with van der Waals surface area (Å²) in [6.45, 7) is 5.14. The summed E-state index contributed by atoms with van der Waals surface area (Å²) in [5.74, 6) is 0.693. The molecule has 7 heteroatoms. The largest absolute Gasteiger partial charge is 0.491 e. The molecule has 0 unspecified atom stereocenters. The molecule has 5 rings (SSSR count). The molecule has 0 aromatic heterocycles. The molecule has 6 nitrogen and oxygen atoms in total. The first kappa shape index (κ1) is 22.5. The van der Waals surface area contributed by atoms with Gasteiger partial charge in [-0.15, -0.1) is 0 Å². The molecular formula is C27H32FN5O. The second-order valence-electron chi connectivity index (χ2n) is 9.11. The van der Waals surface area contributed by atoms with Gasteiger partial charge in [-0.2, -0.15) is 0 Å². The first-order valence-electron chi connectivity index (χ1n) is 12.0. The molecule has 2 aromatic rings. The van der Waals surface area contributed by atoms with Crippen molar-refractivity contribution in [1.29, 1.82) is 5.41 Å². The van der Waals surface area contributed by atoms with Crippen molar-refractivity contribution in [2.24, 2.45) is 5.73 Å². The van der Waals surface area contributed by atoms with E-state index in [9.17, 15) is 4.39 Å². The molecule has 3 heterocycles. The molecule has 0 saturated carbocycles. The van der Waals surface area contributed by atoms with E-state index in [0.717, 1.165) is 55.9 Å². The lowest BCUT2D eigenvalue weighted by atomic mass is 9.94. The highest BCUT2D eigenvalue weighted by Gasteiger charge is 2.29. The lowest BCUT2D eigenvalue weighted by Crippen LogP contribution is -2.47. The molecular weight excluding hydrogens is 429 g/mol. The smallest absolute Gasteiger partial charge is 0.146 e. The number of rotatable bonds is 6. The fraction of sp³-hybridized carbons (Fsp3) is 0.370. The molecule has 34 heavy (non-hydrogen) atoms. The van der Waals surface area contributed by atoms with Crippen LogP contribution in [0, 0.1) is 11.2 Å². The van der Waals surface area contributed by atoms with Gasteiger partial charge >= 0.3 is 0 Å². The monoisotopic (exact) mass is 461 g/mol. The molecule has 0 aliphatic carbocycles. The lowest BCUT2D eigenvalue weighted by molar-refractivity contribution is 0.282. The van der Waals surface area contributed by atoms with Crippen LogP contribution in [0.15, 0.2) is 53.7 Å². The van der Waals surface area contributed by atoms with Crippen LogP contribution in [0.1, 0.15) is 37.3 Å². The zero-order chi connectivity index (χ0) is 23.7. The first-order valence-corrected chi connectivity index (χ1v) is 12.0. The van der Waals surface area contributed by atoms with Crippen molar-refractivity contribution in [2.45, 2.75) is 32.6 Å². The van der Waals surface area contributed by atoms with Crippen LogP contribution in [0.2, 0.25) is 0 Å². The molecule has 0 atom stereocenters. The van der Waals surface area contributed by atoms with Crippen LogP contribution in [-0.4, -0.2) is 43.6 Å². The maximum absolute atomic E-state index is 13.5. The Kier molecular flexibility index (Phi) is 6.28. The third-order valence-electron chi connectivity index (χ3n) is 6.71. The summed E-state index contributed by atoms with van der Waals surface area (Å²) >= 11 is 0. The Labute approximate surface area is 200 Å². The van der Waals surface area contributed by atoms with Crippen LogP contribution >= 0.6 is 0 Å². The number of nitrogens with two attached hydrogens (primary N) is 1. The van der Waals surface area contributed by atoms with Gasteiger partial charge in [0.05, 0.1) is 36.9 Å². The van der Waals surface area contributed by atoms with E-state index in [1.807, 2.05) is 17.0 Å². The highest BCUT2D eigenvalue weighted by Crippen LogP contribution is 2.41. The van der Waals surface area contributed by atoms with E-state index in [1.54, 1.807) is 6.92 Å². The van der Waals surface area contributed by atoms with E-state index >= 15 is 0 Å². The van der Waals surface area contributed by atoms with Gasteiger partial charge in [0.15, 0.2) is 0 Å². The van der Waals surface area contributed by atoms with Crippen molar-refractivity contribution in [1.82, 2.24) is 5.01 Å². The molecule has 178 valence electrons. The Bertz CT molecular complexity index is 1140. The highest BCUT2D eigenvalue weighted by molar-refractivity contribution is 5.85. The molecule has 3 N–H and O–H groups in total. The van der Waals surface area contributed by atoms with Crippen LogP contribution in [-0.2, 0) is 6.42 Å². The van der Waals surface area contributed by atoms with Crippen molar-refractivity contribution in [3.05, 3.63) is 70.7 Å². The number of piperidine rings is 1. The van der Waals surface area contributed by atoms with Gasteiger partial charge in [0.25, 0.3) is 0 Å². The van der Waals surface area contributed by atoms with Crippen LogP contribution in [0.25, 0.3) is 6.08 Å². The van der Waals surface area contributed by atoms with E-state index < -0.39 is 0 Å². The number of nitrogens with one attached hydrogen (secondary N) is 1. The SMILES string of the molecule is CC(=N)CN(CN)c1ccc(C=C2CCCN3C2=CCCN3c2ccc(F)cc2)c2c1OCC2. The van der Waals surface area contributed by atoms with Crippen LogP contribution in [0.5, 0.6) is 5.75 Å². The van der Waals surface area contributed by atoms with Crippen molar-refractivity contribution < 1.29 is 9.13 Å². The van der Waals surface area contributed by atoms with Crippen LogP contribution in [0.3, 0.4) is 0 Å². The number of anilines is 2. The topological polar surface area (TPSA) is 68.8 Å². The van der Waals surface area contributed by atoms with Gasteiger partial charge in [0.2, 0.25) is 0 Å². The molecule has 3 aliphatic heterocycles. The Morgan fingerprint density at radius 2 is 1.97 bits per heavy atom. The van der Waals surface area contributed by atoms with Gasteiger partial charge < -0.3 is 20.8 Å². The van der Waals surface area contributed by atoms with E-state index in [2.05, 4.69) is 34.3 Å². The number of allylic oxidation sites excluding steroid dienone is 1. The molecule has 0 bridgehead atoms. The molecule has 0 spiro atoms. The van der Waals surface area contributed by atoms with E-state index in [-0.39, 0.29) is 5.82 Å². The quantitative estimate of drug-likeness (QED) is 0.482. The van der Waals surface area contributed by atoms with Gasteiger partial charge in [-0.25, -0.2) is 4.39 Å². The minimum absolute atomic E-state index is 0.209. The predicted octanol–water partition coefficient (Wildman–Crippen LogP) is 4.71. The second-order valence-corrected chi connectivity index (χ2v) is 9.11. The Morgan fingerprint density at radius 3 is 2.74 bits per heavy atom. The molecule has 1 saturated heterocycles. The average molecular weight is 462 g/mol. The number of hydrazine groups is 1. The molecule has 0 radical (unpaired) electrons. The van der Waals surface area contributed by atoms with Gasteiger partial charge in [-0.1, -0.05) is 12.1 Å². The third-order valence-corrected chi connectivity index (χ3v) is 6.71. The van der Waals surface area contributed by atoms with E-state index in [0.29, 0.717) is 25.5 Å². The zero-order valence-electron chi connectivity index (χ0n) is 19.7. The minimum atomic E-state index is -0.209. The number of ether oxygens (including phenoxy) is 1. The van der Waals surface area contributed by atoms with Crippen molar-refractivity contribution in [3.8, 4) is 5.75 Å². The molecule has 0 amide bonds. The van der Waals surface area contributed by atoms with Gasteiger partial charge in [0, 0.05) is 30.8 Å². The maximum Gasteiger partial charge on any atom is 0.146 e. The van der Waals surface area contributed by atoms with Crippen molar-refractivity contribution in [3.63, 3.8) is 0 Å². The summed E-state index contributed by atoms with van der Waals surface area (Å²) in [5, 5.41) is 12.5. The summed E-state index contributed by atoms with van der Waals surface area (Å²) in [4.78, 5) is 2.00. The second kappa shape index (κ2) is 9.50. The number of hydrogen-bond acceptors (Lipinski definition) is 6. The van der Waals surface area contributed by atoms with E-state index in [1.165, 1.54) is 34.5 Å². The summed E-state index contributed by atoms with van der Waals surface area (Å²) in [6, 6.07) is 11.0. The highest BCUT2D eigenvalue weighted by atomic mass is 19.1. The fourth-order valence-electron chi connectivity index (χ4n) is 5.20. The van der Waals surface area contributed by atoms with Gasteiger partial charge in [-0.05, 0) is 73.7 Å². The number of nitrogens with zero attached hydrogens (tertiary/aromatic N) is 3. The zero-order valence-corrected chi connectivity index (χ0v) is 19.7. The van der Waals surface area contributed by atoms with E-state index in [4.69, 9.17) is 15.9 Å². The molecule has 3 aliphatic rings. The Hall–Kier alpha value is -3.32. The van der Waals surface area contributed by atoms with Crippen molar-refractivity contribution >= 4 is 23.2 Å². The number of hydrogen-bond donors (Lipinski definition) is 2. The molecule has 1 fully saturated rings. The fourth-order valence-corrected chi connectivity index (χ4v) is 5.20. The summed E-state index contributed by atoms with van der Waals surface area (Å²) in [6.07, 6.45) is 8.57. The number of benzene rings is 2. The van der Waals surface area contributed by atoms with Gasteiger partial charge in [-0.3, -0.25) is 10.0 Å². The van der Waals surface area contributed by atoms with Crippen molar-refractivity contribution in [2.75, 3.05) is 42.8 Å². The standard InChI is InChI=1S/C27H32FN5O/c1-19(30)17-31(18-29)26-11-6-20(24-12-15-34-27(24)26)16-21-4-2-14-33-25(21)5-3-13-32(33)23-9-7-22(28)8-10-23/h5-11,16,30H,2-4,12-15,17-18,29H2,1H3. The number of fused-ring (bicyclic) bond motifs is 2.